The summed E-state index contributed by atoms with van der Waals surface area (Å²) in [5, 5.41) is 3.77. The van der Waals surface area contributed by atoms with Gasteiger partial charge in [0.25, 0.3) is 0 Å². The molecule has 0 unspecified atom stereocenters. The molecule has 1 fully saturated rings. The number of esters is 1. The van der Waals surface area contributed by atoms with Gasteiger partial charge in [-0.15, -0.1) is 0 Å². The summed E-state index contributed by atoms with van der Waals surface area (Å²) in [5.41, 5.74) is -2.58. The zero-order chi connectivity index (χ0) is 23.7. The SMILES string of the molecule is COC(=O)c1ccccc1-c1cc(F)c(CNC(=O)C2(NC(=O)C(F)(F)F)CC2)nc1F. The van der Waals surface area contributed by atoms with Crippen LogP contribution >= 0.6 is 0 Å². The Morgan fingerprint density at radius 1 is 1.12 bits per heavy atom. The van der Waals surface area contributed by atoms with E-state index in [1.807, 2.05) is 0 Å². The van der Waals surface area contributed by atoms with Gasteiger partial charge in [-0.2, -0.15) is 17.6 Å². The van der Waals surface area contributed by atoms with Crippen LogP contribution < -0.4 is 10.6 Å². The standard InChI is InChI=1S/C20H16F5N3O4/c1-32-16(29)11-5-3-2-4-10(11)12-8-13(21)14(27-15(12)22)9-26-17(30)19(6-7-19)28-18(31)20(23,24)25/h2-5,8H,6-7,9H2,1H3,(H,26,30)(H,28,31). The number of hydrogen-bond acceptors (Lipinski definition) is 5. The number of carbonyl (C=O) groups excluding carboxylic acids is 3. The van der Waals surface area contributed by atoms with Gasteiger partial charge in [0.05, 0.1) is 24.9 Å². The van der Waals surface area contributed by atoms with Crippen molar-refractivity contribution in [1.82, 2.24) is 15.6 Å². The molecule has 12 heteroatoms. The molecular weight excluding hydrogens is 441 g/mol. The number of hydrogen-bond donors (Lipinski definition) is 2. The normalized spacial score (nSPS) is 14.4. The van der Waals surface area contributed by atoms with Gasteiger partial charge in [-0.05, 0) is 25.0 Å². The van der Waals surface area contributed by atoms with Crippen molar-refractivity contribution >= 4 is 17.8 Å². The van der Waals surface area contributed by atoms with Gasteiger partial charge in [0.1, 0.15) is 11.4 Å². The summed E-state index contributed by atoms with van der Waals surface area (Å²) in [6, 6.07) is 6.51. The van der Waals surface area contributed by atoms with Crippen LogP contribution in [-0.4, -0.2) is 41.6 Å². The molecule has 2 N–H and O–H groups in total. The van der Waals surface area contributed by atoms with Gasteiger partial charge in [0.2, 0.25) is 11.9 Å². The number of halogens is 5. The summed E-state index contributed by atoms with van der Waals surface area (Å²) in [7, 11) is 1.13. The summed E-state index contributed by atoms with van der Waals surface area (Å²) in [6.07, 6.45) is -5.23. The number of nitrogens with one attached hydrogen (secondary N) is 2. The van der Waals surface area contributed by atoms with Crippen LogP contribution in [0.4, 0.5) is 22.0 Å². The summed E-state index contributed by atoms with van der Waals surface area (Å²) in [4.78, 5) is 38.7. The Morgan fingerprint density at radius 3 is 2.38 bits per heavy atom. The van der Waals surface area contributed by atoms with Crippen LogP contribution in [0.5, 0.6) is 0 Å². The molecular formula is C20H16F5N3O4. The topological polar surface area (TPSA) is 97.4 Å². The van der Waals surface area contributed by atoms with Crippen LogP contribution in [0.3, 0.4) is 0 Å². The fourth-order valence-corrected chi connectivity index (χ4v) is 2.98. The maximum atomic E-state index is 14.6. The molecule has 1 aromatic heterocycles. The molecule has 1 aliphatic carbocycles. The molecule has 2 aromatic rings. The smallest absolute Gasteiger partial charge is 0.465 e. The molecule has 0 radical (unpaired) electrons. The third-order valence-corrected chi connectivity index (χ3v) is 4.84. The highest BCUT2D eigenvalue weighted by Crippen LogP contribution is 2.37. The van der Waals surface area contributed by atoms with Crippen LogP contribution in [-0.2, 0) is 20.9 Å². The molecule has 7 nitrogen and oxygen atoms in total. The van der Waals surface area contributed by atoms with Crippen LogP contribution in [0.15, 0.2) is 30.3 Å². The van der Waals surface area contributed by atoms with E-state index in [9.17, 15) is 36.3 Å². The van der Waals surface area contributed by atoms with E-state index in [0.717, 1.165) is 13.2 Å². The number of methoxy groups -OCH3 is 1. The van der Waals surface area contributed by atoms with E-state index in [-0.39, 0.29) is 29.5 Å². The fourth-order valence-electron chi connectivity index (χ4n) is 2.98. The predicted octanol–water partition coefficient (Wildman–Crippen LogP) is 2.64. The Kier molecular flexibility index (Phi) is 6.15. The molecule has 0 spiro atoms. The molecule has 1 aromatic carbocycles. The van der Waals surface area contributed by atoms with Crippen molar-refractivity contribution < 1.29 is 41.1 Å². The van der Waals surface area contributed by atoms with Crippen molar-refractivity contribution in [3.63, 3.8) is 0 Å². The van der Waals surface area contributed by atoms with Crippen molar-refractivity contribution in [2.45, 2.75) is 31.1 Å². The first kappa shape index (κ1) is 23.1. The Hall–Kier alpha value is -3.57. The average molecular weight is 457 g/mol. The first-order valence-corrected chi connectivity index (χ1v) is 9.19. The van der Waals surface area contributed by atoms with Crippen molar-refractivity contribution in [2.75, 3.05) is 7.11 Å². The van der Waals surface area contributed by atoms with Crippen molar-refractivity contribution in [2.24, 2.45) is 0 Å². The number of alkyl halides is 3. The van der Waals surface area contributed by atoms with Crippen LogP contribution in [0, 0.1) is 11.8 Å². The maximum Gasteiger partial charge on any atom is 0.471 e. The number of benzene rings is 1. The van der Waals surface area contributed by atoms with Gasteiger partial charge in [-0.25, -0.2) is 14.2 Å². The van der Waals surface area contributed by atoms with Crippen LogP contribution in [0.25, 0.3) is 11.1 Å². The second kappa shape index (κ2) is 8.52. The minimum Gasteiger partial charge on any atom is -0.465 e. The zero-order valence-electron chi connectivity index (χ0n) is 16.5. The van der Waals surface area contributed by atoms with E-state index in [0.29, 0.717) is 0 Å². The number of aromatic nitrogens is 1. The minimum atomic E-state index is -5.16. The Balaban J connectivity index is 1.77. The van der Waals surface area contributed by atoms with Crippen molar-refractivity contribution in [3.8, 4) is 11.1 Å². The number of nitrogens with zero attached hydrogens (tertiary/aromatic N) is 1. The molecule has 1 saturated carbocycles. The van der Waals surface area contributed by atoms with Crippen molar-refractivity contribution in [1.29, 1.82) is 0 Å². The fraction of sp³-hybridized carbons (Fsp3) is 0.300. The van der Waals surface area contributed by atoms with Gasteiger partial charge in [-0.3, -0.25) is 9.59 Å². The highest BCUT2D eigenvalue weighted by Gasteiger charge is 2.54. The molecule has 1 aliphatic rings. The number of carbonyl (C=O) groups is 3. The van der Waals surface area contributed by atoms with Gasteiger partial charge >= 0.3 is 18.1 Å². The molecule has 1 heterocycles. The van der Waals surface area contributed by atoms with E-state index >= 15 is 0 Å². The van der Waals surface area contributed by atoms with Crippen LogP contribution in [0.1, 0.15) is 28.9 Å². The van der Waals surface area contributed by atoms with Gasteiger partial charge in [-0.1, -0.05) is 18.2 Å². The highest BCUT2D eigenvalue weighted by atomic mass is 19.4. The number of rotatable bonds is 6. The summed E-state index contributed by atoms with van der Waals surface area (Å²) in [5.74, 6) is -6.18. The first-order valence-electron chi connectivity index (χ1n) is 9.19. The van der Waals surface area contributed by atoms with E-state index in [1.54, 1.807) is 5.32 Å². The van der Waals surface area contributed by atoms with E-state index < -0.39 is 53.5 Å². The molecule has 3 rings (SSSR count). The zero-order valence-corrected chi connectivity index (χ0v) is 16.5. The minimum absolute atomic E-state index is 0.0211. The molecule has 2 amide bonds. The Morgan fingerprint density at radius 2 is 1.78 bits per heavy atom. The Labute approximate surface area is 178 Å². The molecule has 0 atom stereocenters. The van der Waals surface area contributed by atoms with Crippen LogP contribution in [0.2, 0.25) is 0 Å². The van der Waals surface area contributed by atoms with Gasteiger partial charge < -0.3 is 15.4 Å². The number of amides is 2. The van der Waals surface area contributed by atoms with E-state index in [4.69, 9.17) is 0 Å². The van der Waals surface area contributed by atoms with E-state index in [1.165, 1.54) is 24.3 Å². The lowest BCUT2D eigenvalue weighted by molar-refractivity contribution is -0.175. The first-order chi connectivity index (χ1) is 15.0. The third-order valence-electron chi connectivity index (χ3n) is 4.84. The van der Waals surface area contributed by atoms with Gasteiger partial charge in [0.15, 0.2) is 0 Å². The number of pyridine rings is 1. The monoisotopic (exact) mass is 457 g/mol. The summed E-state index contributed by atoms with van der Waals surface area (Å²) in [6.45, 7) is -0.635. The highest BCUT2D eigenvalue weighted by molar-refractivity contribution is 5.97. The second-order valence-corrected chi connectivity index (χ2v) is 7.01. The quantitative estimate of drug-likeness (QED) is 0.395. The lowest BCUT2D eigenvalue weighted by atomic mass is 10.0. The van der Waals surface area contributed by atoms with Gasteiger partial charge in [0, 0.05) is 11.1 Å². The molecule has 0 saturated heterocycles. The summed E-state index contributed by atoms with van der Waals surface area (Å²) < 4.78 is 71.0. The number of ether oxygens (including phenoxy) is 1. The maximum absolute atomic E-state index is 14.6. The lowest BCUT2D eigenvalue weighted by Crippen LogP contribution is -2.52. The van der Waals surface area contributed by atoms with Crippen molar-refractivity contribution in [3.05, 3.63) is 53.4 Å². The third kappa shape index (κ3) is 4.68. The Bertz CT molecular complexity index is 1080. The largest absolute Gasteiger partial charge is 0.471 e. The molecule has 0 bridgehead atoms. The average Bonchev–Trinajstić information content (AvgIpc) is 3.53. The van der Waals surface area contributed by atoms with E-state index in [2.05, 4.69) is 15.0 Å². The molecule has 170 valence electrons. The lowest BCUT2D eigenvalue weighted by Gasteiger charge is -2.18. The summed E-state index contributed by atoms with van der Waals surface area (Å²) >= 11 is 0. The predicted molar refractivity (Wildman–Crippen MR) is 98.9 cm³/mol. The second-order valence-electron chi connectivity index (χ2n) is 7.01. The molecule has 32 heavy (non-hydrogen) atoms. The molecule has 0 aliphatic heterocycles.